The molecule has 1 aliphatic carbocycles. The average molecular weight is 306 g/mol. The molecule has 6 heteroatoms. The first-order valence-corrected chi connectivity index (χ1v) is 8.12. The zero-order valence-electron chi connectivity index (χ0n) is 12.0. The summed E-state index contributed by atoms with van der Waals surface area (Å²) < 4.78 is 0. The third-order valence-corrected chi connectivity index (χ3v) is 5.46. The van der Waals surface area contributed by atoms with E-state index in [9.17, 15) is 14.4 Å². The second kappa shape index (κ2) is 5.26. The smallest absolute Gasteiger partial charge is 0.255 e. The molecule has 5 nitrogen and oxygen atoms in total. The van der Waals surface area contributed by atoms with Crippen LogP contribution in [0.1, 0.15) is 52.6 Å². The molecule has 1 aromatic rings. The second-order valence-electron chi connectivity index (χ2n) is 5.71. The summed E-state index contributed by atoms with van der Waals surface area (Å²) in [6.45, 7) is 2.53. The lowest BCUT2D eigenvalue weighted by Crippen LogP contribution is -2.65. The summed E-state index contributed by atoms with van der Waals surface area (Å²) >= 11 is 1.28. The van der Waals surface area contributed by atoms with Crippen LogP contribution in [-0.4, -0.2) is 41.1 Å². The maximum Gasteiger partial charge on any atom is 0.255 e. The lowest BCUT2D eigenvalue weighted by atomic mass is 9.91. The number of thiophene rings is 1. The Morgan fingerprint density at radius 2 is 2.05 bits per heavy atom. The molecule has 1 saturated heterocycles. The standard InChI is InChI=1S/C15H18N2O3S/c1-10(18)12-8-11(9-21-12)13(19)17-7-6-16-14(20)15(17)4-2-3-5-15/h8-9H,2-7H2,1H3,(H,16,20). The van der Waals surface area contributed by atoms with E-state index in [1.165, 1.54) is 18.3 Å². The number of ketones is 1. The van der Waals surface area contributed by atoms with Crippen LogP contribution in [-0.2, 0) is 4.79 Å². The zero-order valence-corrected chi connectivity index (χ0v) is 12.8. The van der Waals surface area contributed by atoms with E-state index in [1.54, 1.807) is 16.3 Å². The van der Waals surface area contributed by atoms with Gasteiger partial charge in [-0.15, -0.1) is 11.3 Å². The van der Waals surface area contributed by atoms with E-state index in [1.807, 2.05) is 0 Å². The molecule has 0 bridgehead atoms. The lowest BCUT2D eigenvalue weighted by Gasteiger charge is -2.43. The van der Waals surface area contributed by atoms with Gasteiger partial charge in [-0.3, -0.25) is 14.4 Å². The van der Waals surface area contributed by atoms with Gasteiger partial charge in [-0.1, -0.05) is 12.8 Å². The number of nitrogens with one attached hydrogen (secondary N) is 1. The number of hydrogen-bond acceptors (Lipinski definition) is 4. The molecule has 1 saturated carbocycles. The monoisotopic (exact) mass is 306 g/mol. The molecule has 0 unspecified atom stereocenters. The molecule has 2 heterocycles. The minimum atomic E-state index is -0.673. The van der Waals surface area contributed by atoms with Crippen LogP contribution >= 0.6 is 11.3 Å². The minimum absolute atomic E-state index is 0.0263. The fourth-order valence-electron chi connectivity index (χ4n) is 3.32. The first-order valence-electron chi connectivity index (χ1n) is 7.24. The van der Waals surface area contributed by atoms with Crippen LogP contribution in [0.5, 0.6) is 0 Å². The highest BCUT2D eigenvalue weighted by Crippen LogP contribution is 2.38. The highest BCUT2D eigenvalue weighted by atomic mass is 32.1. The minimum Gasteiger partial charge on any atom is -0.352 e. The summed E-state index contributed by atoms with van der Waals surface area (Å²) in [5.74, 6) is -0.192. The molecule has 2 fully saturated rings. The molecule has 112 valence electrons. The Balaban J connectivity index is 1.91. The summed E-state index contributed by atoms with van der Waals surface area (Å²) in [6.07, 6.45) is 3.40. The molecule has 1 aromatic heterocycles. The third-order valence-electron chi connectivity index (χ3n) is 4.43. The van der Waals surface area contributed by atoms with Gasteiger partial charge in [-0.05, 0) is 25.8 Å². The van der Waals surface area contributed by atoms with Crippen LogP contribution < -0.4 is 5.32 Å². The molecule has 0 atom stereocenters. The van der Waals surface area contributed by atoms with Gasteiger partial charge in [0.2, 0.25) is 5.91 Å². The van der Waals surface area contributed by atoms with E-state index in [4.69, 9.17) is 0 Å². The van der Waals surface area contributed by atoms with E-state index >= 15 is 0 Å². The molecular formula is C15H18N2O3S. The molecule has 3 rings (SSSR count). The summed E-state index contributed by atoms with van der Waals surface area (Å²) in [7, 11) is 0. The SMILES string of the molecule is CC(=O)c1cc(C(=O)N2CCNC(=O)C23CCCC3)cs1. The number of carbonyl (C=O) groups excluding carboxylic acids is 3. The van der Waals surface area contributed by atoms with Crippen molar-refractivity contribution < 1.29 is 14.4 Å². The summed E-state index contributed by atoms with van der Waals surface area (Å²) in [5.41, 5.74) is -0.153. The van der Waals surface area contributed by atoms with E-state index in [0.29, 0.717) is 23.5 Å². The number of piperazine rings is 1. The predicted octanol–water partition coefficient (Wildman–Crippen LogP) is 1.84. The quantitative estimate of drug-likeness (QED) is 0.848. The average Bonchev–Trinajstić information content (AvgIpc) is 3.11. The molecule has 2 amide bonds. The third kappa shape index (κ3) is 2.27. The Morgan fingerprint density at radius 1 is 1.33 bits per heavy atom. The number of Topliss-reactive ketones (excluding diaryl/α,β-unsaturated/α-hetero) is 1. The van der Waals surface area contributed by atoms with Gasteiger partial charge >= 0.3 is 0 Å². The van der Waals surface area contributed by atoms with E-state index in [0.717, 1.165) is 25.7 Å². The Labute approximate surface area is 127 Å². The maximum absolute atomic E-state index is 12.8. The normalized spacial score (nSPS) is 20.6. The Morgan fingerprint density at radius 3 is 2.67 bits per heavy atom. The molecule has 21 heavy (non-hydrogen) atoms. The van der Waals surface area contributed by atoms with Crippen LogP contribution in [0.3, 0.4) is 0 Å². The largest absolute Gasteiger partial charge is 0.352 e. The van der Waals surface area contributed by atoms with Crippen molar-refractivity contribution in [2.45, 2.75) is 38.1 Å². The molecule has 1 spiro atoms. The van der Waals surface area contributed by atoms with Crippen LogP contribution in [0.25, 0.3) is 0 Å². The summed E-state index contributed by atoms with van der Waals surface area (Å²) in [5, 5.41) is 4.61. The molecule has 2 aliphatic rings. The van der Waals surface area contributed by atoms with Crippen molar-refractivity contribution >= 4 is 28.9 Å². The van der Waals surface area contributed by atoms with Crippen LogP contribution in [0.2, 0.25) is 0 Å². The zero-order chi connectivity index (χ0) is 15.0. The molecule has 0 radical (unpaired) electrons. The van der Waals surface area contributed by atoms with Gasteiger partial charge in [0.25, 0.3) is 5.91 Å². The number of rotatable bonds is 2. The second-order valence-corrected chi connectivity index (χ2v) is 6.62. The van der Waals surface area contributed by atoms with Gasteiger partial charge in [-0.25, -0.2) is 0 Å². The molecule has 0 aromatic carbocycles. The lowest BCUT2D eigenvalue weighted by molar-refractivity contribution is -0.134. The number of amides is 2. The van der Waals surface area contributed by atoms with Crippen molar-refractivity contribution in [3.8, 4) is 0 Å². The molecule has 1 N–H and O–H groups in total. The molecular weight excluding hydrogens is 288 g/mol. The fraction of sp³-hybridized carbons (Fsp3) is 0.533. The summed E-state index contributed by atoms with van der Waals surface area (Å²) in [6, 6.07) is 1.64. The van der Waals surface area contributed by atoms with E-state index in [-0.39, 0.29) is 17.6 Å². The van der Waals surface area contributed by atoms with Crippen molar-refractivity contribution in [1.29, 1.82) is 0 Å². The van der Waals surface area contributed by atoms with Crippen LogP contribution in [0.4, 0.5) is 0 Å². The highest BCUT2D eigenvalue weighted by Gasteiger charge is 2.50. The van der Waals surface area contributed by atoms with Crippen molar-refractivity contribution in [3.05, 3.63) is 21.9 Å². The van der Waals surface area contributed by atoms with Gasteiger partial charge in [0.05, 0.1) is 10.4 Å². The van der Waals surface area contributed by atoms with Crippen molar-refractivity contribution in [1.82, 2.24) is 10.2 Å². The van der Waals surface area contributed by atoms with Gasteiger partial charge in [-0.2, -0.15) is 0 Å². The van der Waals surface area contributed by atoms with Crippen LogP contribution in [0.15, 0.2) is 11.4 Å². The Bertz CT molecular complexity index is 602. The van der Waals surface area contributed by atoms with Gasteiger partial charge in [0.1, 0.15) is 5.54 Å². The topological polar surface area (TPSA) is 66.5 Å². The highest BCUT2D eigenvalue weighted by molar-refractivity contribution is 7.12. The first kappa shape index (κ1) is 14.3. The van der Waals surface area contributed by atoms with E-state index < -0.39 is 5.54 Å². The van der Waals surface area contributed by atoms with Gasteiger partial charge in [0.15, 0.2) is 5.78 Å². The maximum atomic E-state index is 12.8. The number of nitrogens with zero attached hydrogens (tertiary/aromatic N) is 1. The van der Waals surface area contributed by atoms with Crippen LogP contribution in [0, 0.1) is 0 Å². The number of hydrogen-bond donors (Lipinski definition) is 1. The Kier molecular flexibility index (Phi) is 3.57. The Hall–Kier alpha value is -1.69. The summed E-state index contributed by atoms with van der Waals surface area (Å²) in [4.78, 5) is 38.8. The van der Waals surface area contributed by atoms with Crippen molar-refractivity contribution in [2.75, 3.05) is 13.1 Å². The van der Waals surface area contributed by atoms with Gasteiger partial charge < -0.3 is 10.2 Å². The van der Waals surface area contributed by atoms with Crippen molar-refractivity contribution in [2.24, 2.45) is 0 Å². The predicted molar refractivity (Wildman–Crippen MR) is 79.6 cm³/mol. The molecule has 1 aliphatic heterocycles. The number of carbonyl (C=O) groups is 3. The van der Waals surface area contributed by atoms with Gasteiger partial charge in [0, 0.05) is 18.5 Å². The fourth-order valence-corrected chi connectivity index (χ4v) is 4.11. The first-order chi connectivity index (χ1) is 10.0. The van der Waals surface area contributed by atoms with Crippen molar-refractivity contribution in [3.63, 3.8) is 0 Å². The van der Waals surface area contributed by atoms with E-state index in [2.05, 4.69) is 5.32 Å².